The minimum atomic E-state index is -0.0683. The molecule has 2 aromatic rings. The third kappa shape index (κ3) is 6.01. The summed E-state index contributed by atoms with van der Waals surface area (Å²) in [4.78, 5) is 17.8. The number of pyridine rings is 1. The van der Waals surface area contributed by atoms with Crippen LogP contribution in [0.1, 0.15) is 37.3 Å². The smallest absolute Gasteiger partial charge is 0.253 e. The Morgan fingerprint density at radius 2 is 2.28 bits per heavy atom. The average molecular weight is 418 g/mol. The van der Waals surface area contributed by atoms with Gasteiger partial charge in [-0.2, -0.15) is 0 Å². The van der Waals surface area contributed by atoms with Gasteiger partial charge in [0.05, 0.1) is 12.6 Å². The van der Waals surface area contributed by atoms with Crippen LogP contribution in [0.4, 0.5) is 0 Å². The molecule has 1 fully saturated rings. The van der Waals surface area contributed by atoms with Crippen LogP contribution in [0.15, 0.2) is 29.1 Å². The molecule has 2 heterocycles. The summed E-state index contributed by atoms with van der Waals surface area (Å²) >= 11 is 5.64. The summed E-state index contributed by atoms with van der Waals surface area (Å²) in [6.07, 6.45) is 4.09. The van der Waals surface area contributed by atoms with Gasteiger partial charge < -0.3 is 24.7 Å². The normalized spacial score (nSPS) is 16.3. The molecule has 1 saturated heterocycles. The van der Waals surface area contributed by atoms with Gasteiger partial charge in [-0.3, -0.25) is 4.79 Å². The van der Waals surface area contributed by atoms with Crippen LogP contribution in [-0.4, -0.2) is 54.5 Å². The van der Waals surface area contributed by atoms with Gasteiger partial charge in [0.25, 0.3) is 5.56 Å². The maximum Gasteiger partial charge on any atom is 0.253 e. The van der Waals surface area contributed by atoms with Crippen LogP contribution in [0, 0.1) is 0 Å². The fourth-order valence-electron chi connectivity index (χ4n) is 3.62. The van der Waals surface area contributed by atoms with Crippen molar-refractivity contribution in [2.24, 2.45) is 0 Å². The van der Waals surface area contributed by atoms with Gasteiger partial charge in [-0.1, -0.05) is 13.0 Å². The zero-order chi connectivity index (χ0) is 20.6. The minimum absolute atomic E-state index is 0.0683. The van der Waals surface area contributed by atoms with E-state index in [-0.39, 0.29) is 11.7 Å². The quantitative estimate of drug-likeness (QED) is 0.483. The maximum absolute atomic E-state index is 12.7. The molecule has 0 spiro atoms. The molecular weight excluding hydrogens is 386 g/mol. The van der Waals surface area contributed by atoms with Crippen molar-refractivity contribution >= 4 is 28.2 Å². The molecule has 158 valence electrons. The third-order valence-electron chi connectivity index (χ3n) is 5.29. The van der Waals surface area contributed by atoms with Crippen LogP contribution < -0.4 is 10.9 Å². The van der Waals surface area contributed by atoms with E-state index in [0.29, 0.717) is 30.4 Å². The van der Waals surface area contributed by atoms with Crippen molar-refractivity contribution in [1.29, 1.82) is 0 Å². The molecule has 0 unspecified atom stereocenters. The molecule has 7 heteroatoms. The lowest BCUT2D eigenvalue weighted by atomic mass is 10.1. The summed E-state index contributed by atoms with van der Waals surface area (Å²) in [5.41, 5.74) is 2.76. The summed E-state index contributed by atoms with van der Waals surface area (Å²) in [5, 5.41) is 5.00. The molecule has 1 atom stereocenters. The first-order valence-corrected chi connectivity index (χ1v) is 10.8. The first-order valence-electron chi connectivity index (χ1n) is 10.4. The number of aryl methyl sites for hydroxylation is 1. The van der Waals surface area contributed by atoms with E-state index < -0.39 is 0 Å². The van der Waals surface area contributed by atoms with Crippen molar-refractivity contribution in [2.75, 3.05) is 33.4 Å². The Labute approximate surface area is 177 Å². The van der Waals surface area contributed by atoms with Crippen molar-refractivity contribution in [3.05, 3.63) is 45.7 Å². The summed E-state index contributed by atoms with van der Waals surface area (Å²) < 4.78 is 10.9. The molecule has 29 heavy (non-hydrogen) atoms. The molecule has 1 aromatic carbocycles. The van der Waals surface area contributed by atoms with E-state index in [1.165, 1.54) is 5.56 Å². The fourth-order valence-corrected chi connectivity index (χ4v) is 3.86. The number of hydrogen-bond donors (Lipinski definition) is 2. The van der Waals surface area contributed by atoms with Crippen molar-refractivity contribution in [3.63, 3.8) is 0 Å². The monoisotopic (exact) mass is 417 g/mol. The molecule has 0 amide bonds. The highest BCUT2D eigenvalue weighted by molar-refractivity contribution is 7.80. The van der Waals surface area contributed by atoms with E-state index in [4.69, 9.17) is 21.7 Å². The maximum atomic E-state index is 12.7. The number of fused-ring (bicyclic) bond motifs is 1. The number of nitrogens with zero attached hydrogens (tertiary/aromatic N) is 1. The Hall–Kier alpha value is -1.96. The number of ether oxygens (including phenoxy) is 2. The van der Waals surface area contributed by atoms with Crippen molar-refractivity contribution in [1.82, 2.24) is 15.2 Å². The Morgan fingerprint density at radius 3 is 3.00 bits per heavy atom. The lowest BCUT2D eigenvalue weighted by molar-refractivity contribution is 0.0896. The van der Waals surface area contributed by atoms with E-state index in [9.17, 15) is 4.79 Å². The van der Waals surface area contributed by atoms with Crippen LogP contribution in [0.25, 0.3) is 10.9 Å². The van der Waals surface area contributed by atoms with Gasteiger partial charge in [0.2, 0.25) is 0 Å². The number of aromatic amines is 1. The number of thiocarbonyl (C=S) groups is 1. The molecular formula is C22H31N3O3S. The molecule has 0 aliphatic carbocycles. The van der Waals surface area contributed by atoms with E-state index in [1.54, 1.807) is 7.11 Å². The lowest BCUT2D eigenvalue weighted by Crippen LogP contribution is -2.44. The second-order valence-electron chi connectivity index (χ2n) is 7.49. The standard InChI is InChI=1S/C22H31N3O3S/c1-3-16-7-8-20-17(12-16)13-18(21(26)24-20)14-25(15-19-6-4-11-28-19)22(29)23-9-5-10-27-2/h7-8,12-13,19H,3-6,9-11,14-15H2,1-2H3,(H,23,29)(H,24,26)/t19-/m1/s1. The minimum Gasteiger partial charge on any atom is -0.385 e. The summed E-state index contributed by atoms with van der Waals surface area (Å²) in [6, 6.07) is 8.16. The molecule has 0 radical (unpaired) electrons. The average Bonchev–Trinajstić information content (AvgIpc) is 3.24. The third-order valence-corrected chi connectivity index (χ3v) is 5.69. The number of methoxy groups -OCH3 is 1. The number of nitrogens with one attached hydrogen (secondary N) is 2. The highest BCUT2D eigenvalue weighted by Crippen LogP contribution is 2.17. The Bertz CT molecular complexity index is 877. The summed E-state index contributed by atoms with van der Waals surface area (Å²) in [6.45, 7) is 5.49. The van der Waals surface area contributed by atoms with Crippen LogP contribution in [0.5, 0.6) is 0 Å². The molecule has 1 aliphatic rings. The van der Waals surface area contributed by atoms with Crippen LogP contribution in [0.2, 0.25) is 0 Å². The molecule has 0 saturated carbocycles. The summed E-state index contributed by atoms with van der Waals surface area (Å²) in [7, 11) is 1.69. The van der Waals surface area contributed by atoms with E-state index >= 15 is 0 Å². The second kappa shape index (κ2) is 10.7. The van der Waals surface area contributed by atoms with Gasteiger partial charge in [-0.05, 0) is 67.0 Å². The Morgan fingerprint density at radius 1 is 1.41 bits per heavy atom. The molecule has 1 aliphatic heterocycles. The number of hydrogen-bond acceptors (Lipinski definition) is 4. The highest BCUT2D eigenvalue weighted by Gasteiger charge is 2.22. The van der Waals surface area contributed by atoms with E-state index in [0.717, 1.165) is 49.7 Å². The van der Waals surface area contributed by atoms with Crippen molar-refractivity contribution in [3.8, 4) is 0 Å². The molecule has 2 N–H and O–H groups in total. The Kier molecular flexibility index (Phi) is 8.03. The number of H-pyrrole nitrogens is 1. The molecule has 0 bridgehead atoms. The van der Waals surface area contributed by atoms with Gasteiger partial charge in [-0.25, -0.2) is 0 Å². The molecule has 1 aromatic heterocycles. The summed E-state index contributed by atoms with van der Waals surface area (Å²) in [5.74, 6) is 0. The number of rotatable bonds is 9. The van der Waals surface area contributed by atoms with Gasteiger partial charge in [-0.15, -0.1) is 0 Å². The Balaban J connectivity index is 1.78. The topological polar surface area (TPSA) is 66.6 Å². The second-order valence-corrected chi connectivity index (χ2v) is 7.88. The fraction of sp³-hybridized carbons (Fsp3) is 0.545. The number of aromatic nitrogens is 1. The largest absolute Gasteiger partial charge is 0.385 e. The van der Waals surface area contributed by atoms with Gasteiger partial charge in [0.1, 0.15) is 0 Å². The van der Waals surface area contributed by atoms with Crippen molar-refractivity contribution in [2.45, 2.75) is 45.3 Å². The van der Waals surface area contributed by atoms with Crippen LogP contribution in [-0.2, 0) is 22.4 Å². The predicted molar refractivity (Wildman–Crippen MR) is 120 cm³/mol. The lowest BCUT2D eigenvalue weighted by Gasteiger charge is -2.28. The zero-order valence-electron chi connectivity index (χ0n) is 17.3. The van der Waals surface area contributed by atoms with Crippen molar-refractivity contribution < 1.29 is 9.47 Å². The van der Waals surface area contributed by atoms with Crippen LogP contribution in [0.3, 0.4) is 0 Å². The van der Waals surface area contributed by atoms with Gasteiger partial charge >= 0.3 is 0 Å². The van der Waals surface area contributed by atoms with E-state index in [1.807, 2.05) is 12.1 Å². The van der Waals surface area contributed by atoms with E-state index in [2.05, 4.69) is 34.3 Å². The highest BCUT2D eigenvalue weighted by atomic mass is 32.1. The first kappa shape index (κ1) is 21.7. The number of benzene rings is 1. The molecule has 3 rings (SSSR count). The first-order chi connectivity index (χ1) is 14.1. The molecule has 6 nitrogen and oxygen atoms in total. The van der Waals surface area contributed by atoms with Crippen LogP contribution >= 0.6 is 12.2 Å². The van der Waals surface area contributed by atoms with Gasteiger partial charge in [0.15, 0.2) is 5.11 Å². The predicted octanol–water partition coefficient (Wildman–Crippen LogP) is 2.98. The zero-order valence-corrected chi connectivity index (χ0v) is 18.1. The van der Waals surface area contributed by atoms with Gasteiger partial charge in [0, 0.05) is 44.5 Å². The SMILES string of the molecule is CCc1ccc2[nH]c(=O)c(CN(C[C@H]3CCCO3)C(=S)NCCCOC)cc2c1.